The van der Waals surface area contributed by atoms with Crippen LogP contribution in [0, 0.1) is 0 Å². The molecule has 0 radical (unpaired) electrons. The molecule has 0 aromatic carbocycles. The van der Waals surface area contributed by atoms with Gasteiger partial charge in [0.25, 0.3) is 0 Å². The summed E-state index contributed by atoms with van der Waals surface area (Å²) in [4.78, 5) is 13.6. The zero-order valence-corrected chi connectivity index (χ0v) is 11.9. The van der Waals surface area contributed by atoms with Crippen molar-refractivity contribution in [3.05, 3.63) is 0 Å². The Labute approximate surface area is 110 Å². The van der Waals surface area contributed by atoms with E-state index in [9.17, 15) is 4.79 Å². The number of likely N-dealkylation sites (N-methyl/N-ethyl adjacent to an activating group) is 1. The smallest absolute Gasteiger partial charge is 0.234 e. The molecule has 0 rings (SSSR count). The van der Waals surface area contributed by atoms with Gasteiger partial charge in [-0.2, -0.15) is 0 Å². The molecule has 108 valence electrons. The van der Waals surface area contributed by atoms with E-state index in [1.165, 1.54) is 0 Å². The minimum atomic E-state index is 0.0411. The predicted molar refractivity (Wildman–Crippen MR) is 72.5 cm³/mol. The predicted octanol–water partition coefficient (Wildman–Crippen LogP) is 0.622. The second-order valence-corrected chi connectivity index (χ2v) is 4.57. The number of carbonyl (C=O) groups is 1. The largest absolute Gasteiger partial charge is 0.396 e. The van der Waals surface area contributed by atoms with E-state index in [4.69, 9.17) is 9.84 Å². The number of hydrogen-bond acceptors (Lipinski definition) is 4. The van der Waals surface area contributed by atoms with Gasteiger partial charge in [0, 0.05) is 26.3 Å². The van der Waals surface area contributed by atoms with Crippen LogP contribution in [0.5, 0.6) is 0 Å². The molecule has 1 amide bonds. The molecule has 0 aliphatic rings. The molecule has 5 nitrogen and oxygen atoms in total. The maximum atomic E-state index is 11.6. The van der Waals surface area contributed by atoms with Crippen molar-refractivity contribution < 1.29 is 14.6 Å². The number of nitrogens with one attached hydrogen (secondary N) is 1. The van der Waals surface area contributed by atoms with Gasteiger partial charge in [-0.25, -0.2) is 0 Å². The first kappa shape index (κ1) is 17.4. The highest BCUT2D eigenvalue weighted by Gasteiger charge is 2.07. The third-order valence-electron chi connectivity index (χ3n) is 2.54. The number of nitrogens with zero attached hydrogens (tertiary/aromatic N) is 1. The molecule has 0 atom stereocenters. The van der Waals surface area contributed by atoms with Crippen molar-refractivity contribution in [1.82, 2.24) is 10.2 Å². The molecule has 0 saturated carbocycles. The van der Waals surface area contributed by atoms with Crippen LogP contribution >= 0.6 is 0 Å². The quantitative estimate of drug-likeness (QED) is 0.535. The lowest BCUT2D eigenvalue weighted by molar-refractivity contribution is -0.122. The Bertz CT molecular complexity index is 210. The van der Waals surface area contributed by atoms with E-state index < -0.39 is 0 Å². The monoisotopic (exact) mass is 260 g/mol. The summed E-state index contributed by atoms with van der Waals surface area (Å²) < 4.78 is 5.39. The number of carbonyl (C=O) groups excluding carboxylic acids is 1. The van der Waals surface area contributed by atoms with Gasteiger partial charge in [-0.15, -0.1) is 0 Å². The van der Waals surface area contributed by atoms with E-state index in [2.05, 4.69) is 5.32 Å². The van der Waals surface area contributed by atoms with Gasteiger partial charge < -0.3 is 15.2 Å². The lowest BCUT2D eigenvalue weighted by Crippen LogP contribution is -2.38. The van der Waals surface area contributed by atoms with E-state index in [0.29, 0.717) is 26.1 Å². The van der Waals surface area contributed by atoms with Crippen molar-refractivity contribution in [2.45, 2.75) is 39.7 Å². The summed E-state index contributed by atoms with van der Waals surface area (Å²) in [6.07, 6.45) is 1.80. The highest BCUT2D eigenvalue weighted by molar-refractivity contribution is 5.77. The molecule has 0 aliphatic heterocycles. The molecule has 0 unspecified atom stereocenters. The van der Waals surface area contributed by atoms with Crippen molar-refractivity contribution in [3.8, 4) is 0 Å². The number of rotatable bonds is 11. The first-order valence-corrected chi connectivity index (χ1v) is 6.81. The molecule has 0 fully saturated rings. The summed E-state index contributed by atoms with van der Waals surface area (Å²) in [6.45, 7) is 9.51. The summed E-state index contributed by atoms with van der Waals surface area (Å²) in [5, 5.41) is 11.6. The van der Waals surface area contributed by atoms with E-state index in [-0.39, 0.29) is 18.6 Å². The van der Waals surface area contributed by atoms with Crippen molar-refractivity contribution in [2.75, 3.05) is 39.4 Å². The molecular weight excluding hydrogens is 232 g/mol. The molecule has 0 heterocycles. The Morgan fingerprint density at radius 1 is 1.39 bits per heavy atom. The number of ether oxygens (including phenoxy) is 1. The maximum Gasteiger partial charge on any atom is 0.234 e. The normalized spacial score (nSPS) is 11.2. The molecule has 18 heavy (non-hydrogen) atoms. The van der Waals surface area contributed by atoms with E-state index in [1.54, 1.807) is 0 Å². The van der Waals surface area contributed by atoms with Crippen LogP contribution in [0.15, 0.2) is 0 Å². The zero-order chi connectivity index (χ0) is 13.8. The third kappa shape index (κ3) is 10.5. The van der Waals surface area contributed by atoms with Gasteiger partial charge in [0.1, 0.15) is 0 Å². The molecule has 0 bridgehead atoms. The first-order valence-electron chi connectivity index (χ1n) is 6.81. The molecule has 0 aromatic heterocycles. The Hall–Kier alpha value is -0.650. The van der Waals surface area contributed by atoms with Crippen LogP contribution in [0.25, 0.3) is 0 Å². The topological polar surface area (TPSA) is 61.8 Å². The molecule has 2 N–H and O–H groups in total. The lowest BCUT2D eigenvalue weighted by Gasteiger charge is -2.19. The number of amides is 1. The second-order valence-electron chi connectivity index (χ2n) is 4.57. The Kier molecular flexibility index (Phi) is 11.0. The van der Waals surface area contributed by atoms with Crippen molar-refractivity contribution in [1.29, 1.82) is 0 Å². The van der Waals surface area contributed by atoms with Crippen LogP contribution < -0.4 is 5.32 Å². The molecule has 0 aromatic rings. The maximum absolute atomic E-state index is 11.6. The SMILES string of the molecule is CCN(CCCO)CC(=O)NCCCOC(C)C. The minimum Gasteiger partial charge on any atom is -0.396 e. The molecular formula is C13H28N2O3. The minimum absolute atomic E-state index is 0.0411. The molecule has 0 aliphatic carbocycles. The van der Waals surface area contributed by atoms with Crippen LogP contribution in [0.1, 0.15) is 33.6 Å². The number of aliphatic hydroxyl groups is 1. The summed E-state index contributed by atoms with van der Waals surface area (Å²) in [6, 6.07) is 0. The summed E-state index contributed by atoms with van der Waals surface area (Å²) in [7, 11) is 0. The van der Waals surface area contributed by atoms with Crippen molar-refractivity contribution >= 4 is 5.91 Å². The average Bonchev–Trinajstić information content (AvgIpc) is 2.33. The standard InChI is InChI=1S/C13H28N2O3/c1-4-15(8-6-9-16)11-13(17)14-7-5-10-18-12(2)3/h12,16H,4-11H2,1-3H3,(H,14,17). The highest BCUT2D eigenvalue weighted by atomic mass is 16.5. The van der Waals surface area contributed by atoms with Gasteiger partial charge in [0.15, 0.2) is 0 Å². The van der Waals surface area contributed by atoms with Gasteiger partial charge in [-0.1, -0.05) is 6.92 Å². The van der Waals surface area contributed by atoms with Crippen LogP contribution in [0.2, 0.25) is 0 Å². The van der Waals surface area contributed by atoms with Gasteiger partial charge >= 0.3 is 0 Å². The molecule has 0 saturated heterocycles. The van der Waals surface area contributed by atoms with E-state index in [1.807, 2.05) is 25.7 Å². The Balaban J connectivity index is 3.56. The summed E-state index contributed by atoms with van der Waals surface area (Å²) >= 11 is 0. The third-order valence-corrected chi connectivity index (χ3v) is 2.54. The fraction of sp³-hybridized carbons (Fsp3) is 0.923. The first-order chi connectivity index (χ1) is 8.60. The fourth-order valence-electron chi connectivity index (χ4n) is 1.52. The number of hydrogen-bond donors (Lipinski definition) is 2. The highest BCUT2D eigenvalue weighted by Crippen LogP contribution is 1.92. The second kappa shape index (κ2) is 11.4. The van der Waals surface area contributed by atoms with E-state index >= 15 is 0 Å². The Morgan fingerprint density at radius 3 is 2.67 bits per heavy atom. The Morgan fingerprint density at radius 2 is 2.11 bits per heavy atom. The van der Waals surface area contributed by atoms with Crippen molar-refractivity contribution in [3.63, 3.8) is 0 Å². The van der Waals surface area contributed by atoms with Crippen LogP contribution in [0.3, 0.4) is 0 Å². The average molecular weight is 260 g/mol. The van der Waals surface area contributed by atoms with Gasteiger partial charge in [-0.3, -0.25) is 9.69 Å². The van der Waals surface area contributed by atoms with Gasteiger partial charge in [0.2, 0.25) is 5.91 Å². The molecule has 5 heteroatoms. The summed E-state index contributed by atoms with van der Waals surface area (Å²) in [5.74, 6) is 0.0411. The lowest BCUT2D eigenvalue weighted by atomic mass is 10.3. The van der Waals surface area contributed by atoms with Crippen molar-refractivity contribution in [2.24, 2.45) is 0 Å². The zero-order valence-electron chi connectivity index (χ0n) is 11.9. The van der Waals surface area contributed by atoms with Crippen LogP contribution in [0.4, 0.5) is 0 Å². The van der Waals surface area contributed by atoms with Gasteiger partial charge in [-0.05, 0) is 33.2 Å². The van der Waals surface area contributed by atoms with Crippen LogP contribution in [-0.2, 0) is 9.53 Å². The molecule has 0 spiro atoms. The fourth-order valence-corrected chi connectivity index (χ4v) is 1.52. The number of aliphatic hydroxyl groups excluding tert-OH is 1. The van der Waals surface area contributed by atoms with Gasteiger partial charge in [0.05, 0.1) is 12.6 Å². The summed E-state index contributed by atoms with van der Waals surface area (Å²) in [5.41, 5.74) is 0. The van der Waals surface area contributed by atoms with Crippen LogP contribution in [-0.4, -0.2) is 61.4 Å². The van der Waals surface area contributed by atoms with E-state index in [0.717, 1.165) is 19.5 Å².